The van der Waals surface area contributed by atoms with Gasteiger partial charge < -0.3 is 10.2 Å². The molecule has 0 bridgehead atoms. The van der Waals surface area contributed by atoms with Crippen molar-refractivity contribution in [2.45, 2.75) is 6.54 Å². The van der Waals surface area contributed by atoms with Gasteiger partial charge in [-0.05, 0) is 30.4 Å². The van der Waals surface area contributed by atoms with Crippen LogP contribution in [-0.4, -0.2) is 17.1 Å². The van der Waals surface area contributed by atoms with Gasteiger partial charge in [-0.1, -0.05) is 30.3 Å². The number of benzene rings is 2. The normalized spacial score (nSPS) is 10.2. The molecule has 0 saturated carbocycles. The Morgan fingerprint density at radius 3 is 2.30 bits per heavy atom. The monoisotopic (exact) mass is 292 g/mol. The summed E-state index contributed by atoms with van der Waals surface area (Å²) in [6.45, 7) is 0.312. The molecule has 0 radical (unpaired) electrons. The predicted octanol–water partition coefficient (Wildman–Crippen LogP) is 3.79. The first kappa shape index (κ1) is 14.4. The Kier molecular flexibility index (Phi) is 4.63. The van der Waals surface area contributed by atoms with Crippen LogP contribution >= 0.6 is 12.2 Å². The van der Waals surface area contributed by atoms with E-state index < -0.39 is 0 Å². The smallest absolute Gasteiger partial charge is 0.173 e. The SMILES string of the molecule is CN(Cc1ccccc1F)C(=S)Nc1ccccc1F. The minimum absolute atomic E-state index is 0.284. The van der Waals surface area contributed by atoms with Crippen LogP contribution in [0.15, 0.2) is 48.5 Å². The third-order valence-electron chi connectivity index (χ3n) is 2.83. The Balaban J connectivity index is 2.03. The molecule has 0 fully saturated rings. The molecule has 0 unspecified atom stereocenters. The van der Waals surface area contributed by atoms with Crippen LogP contribution in [0, 0.1) is 11.6 Å². The molecule has 0 heterocycles. The molecule has 5 heteroatoms. The van der Waals surface area contributed by atoms with Gasteiger partial charge in [0.25, 0.3) is 0 Å². The number of para-hydroxylation sites is 1. The maximum Gasteiger partial charge on any atom is 0.173 e. The molecule has 2 aromatic carbocycles. The van der Waals surface area contributed by atoms with E-state index >= 15 is 0 Å². The molecule has 0 spiro atoms. The average molecular weight is 292 g/mol. The molecule has 2 aromatic rings. The van der Waals surface area contributed by atoms with Gasteiger partial charge in [0.05, 0.1) is 5.69 Å². The number of nitrogens with one attached hydrogen (secondary N) is 1. The van der Waals surface area contributed by atoms with Crippen LogP contribution in [-0.2, 0) is 6.54 Å². The highest BCUT2D eigenvalue weighted by atomic mass is 32.1. The van der Waals surface area contributed by atoms with Crippen LogP contribution in [0.3, 0.4) is 0 Å². The molecule has 0 amide bonds. The van der Waals surface area contributed by atoms with E-state index in [-0.39, 0.29) is 11.6 Å². The fourth-order valence-electron chi connectivity index (χ4n) is 1.73. The van der Waals surface area contributed by atoms with E-state index in [2.05, 4.69) is 5.32 Å². The topological polar surface area (TPSA) is 15.3 Å². The number of thiocarbonyl (C=S) groups is 1. The van der Waals surface area contributed by atoms with Crippen molar-refractivity contribution in [1.29, 1.82) is 0 Å². The molecule has 2 rings (SSSR count). The molecule has 20 heavy (non-hydrogen) atoms. The van der Waals surface area contributed by atoms with Crippen LogP contribution in [0.2, 0.25) is 0 Å². The third kappa shape index (κ3) is 3.51. The van der Waals surface area contributed by atoms with Crippen molar-refractivity contribution in [2.24, 2.45) is 0 Å². The highest BCUT2D eigenvalue weighted by Crippen LogP contribution is 2.14. The molecule has 0 saturated heterocycles. The van der Waals surface area contributed by atoms with E-state index in [0.717, 1.165) is 0 Å². The summed E-state index contributed by atoms with van der Waals surface area (Å²) < 4.78 is 27.1. The van der Waals surface area contributed by atoms with Crippen molar-refractivity contribution in [3.05, 3.63) is 65.7 Å². The fourth-order valence-corrected chi connectivity index (χ4v) is 1.90. The van der Waals surface area contributed by atoms with E-state index in [4.69, 9.17) is 12.2 Å². The van der Waals surface area contributed by atoms with Gasteiger partial charge in [-0.3, -0.25) is 0 Å². The van der Waals surface area contributed by atoms with E-state index in [1.54, 1.807) is 48.3 Å². The van der Waals surface area contributed by atoms with Crippen LogP contribution in [0.4, 0.5) is 14.5 Å². The number of rotatable bonds is 3. The quantitative estimate of drug-likeness (QED) is 0.866. The molecule has 104 valence electrons. The summed E-state index contributed by atoms with van der Waals surface area (Å²) in [7, 11) is 1.72. The van der Waals surface area contributed by atoms with Crippen LogP contribution < -0.4 is 5.32 Å². The second-order valence-corrected chi connectivity index (χ2v) is 4.74. The standard InChI is InChI=1S/C15H14F2N2S/c1-19(10-11-6-2-3-7-12(11)16)15(20)18-14-9-5-4-8-13(14)17/h2-9H,10H2,1H3,(H,18,20). The number of hydrogen-bond acceptors (Lipinski definition) is 1. The van der Waals surface area contributed by atoms with Crippen molar-refractivity contribution in [3.63, 3.8) is 0 Å². The van der Waals surface area contributed by atoms with E-state index in [9.17, 15) is 8.78 Å². The molecule has 0 aliphatic heterocycles. The summed E-state index contributed by atoms with van der Waals surface area (Å²) in [5.74, 6) is -0.665. The average Bonchev–Trinajstić information content (AvgIpc) is 2.43. The van der Waals surface area contributed by atoms with E-state index in [1.807, 2.05) is 0 Å². The molecule has 0 aliphatic carbocycles. The van der Waals surface area contributed by atoms with Crippen molar-refractivity contribution in [1.82, 2.24) is 4.90 Å². The zero-order chi connectivity index (χ0) is 14.5. The van der Waals surface area contributed by atoms with E-state index in [1.165, 1.54) is 12.1 Å². The molecule has 0 aliphatic rings. The fraction of sp³-hybridized carbons (Fsp3) is 0.133. The Hall–Kier alpha value is -2.01. The van der Waals surface area contributed by atoms with Crippen molar-refractivity contribution < 1.29 is 8.78 Å². The lowest BCUT2D eigenvalue weighted by Gasteiger charge is -2.21. The summed E-state index contributed by atoms with van der Waals surface area (Å²) in [5.41, 5.74) is 0.838. The largest absolute Gasteiger partial charge is 0.348 e. The second kappa shape index (κ2) is 6.43. The predicted molar refractivity (Wildman–Crippen MR) is 80.5 cm³/mol. The van der Waals surface area contributed by atoms with Gasteiger partial charge in [0.2, 0.25) is 0 Å². The Morgan fingerprint density at radius 1 is 1.05 bits per heavy atom. The van der Waals surface area contributed by atoms with Crippen LogP contribution in [0.1, 0.15) is 5.56 Å². The molecule has 1 N–H and O–H groups in total. The Morgan fingerprint density at radius 2 is 1.65 bits per heavy atom. The molecule has 0 atom stereocenters. The first-order chi connectivity index (χ1) is 9.58. The lowest BCUT2D eigenvalue weighted by Crippen LogP contribution is -2.31. The number of anilines is 1. The molecule has 2 nitrogen and oxygen atoms in total. The molecular weight excluding hydrogens is 278 g/mol. The summed E-state index contributed by atoms with van der Waals surface area (Å²) >= 11 is 5.19. The van der Waals surface area contributed by atoms with Gasteiger partial charge in [0.15, 0.2) is 5.11 Å². The van der Waals surface area contributed by atoms with Gasteiger partial charge in [-0.25, -0.2) is 8.78 Å². The second-order valence-electron chi connectivity index (χ2n) is 4.36. The van der Waals surface area contributed by atoms with Crippen molar-refractivity contribution in [2.75, 3.05) is 12.4 Å². The zero-order valence-electron chi connectivity index (χ0n) is 10.9. The zero-order valence-corrected chi connectivity index (χ0v) is 11.8. The van der Waals surface area contributed by atoms with Crippen molar-refractivity contribution >= 4 is 23.0 Å². The molecule has 0 aromatic heterocycles. The highest BCUT2D eigenvalue weighted by Gasteiger charge is 2.10. The van der Waals surface area contributed by atoms with Crippen LogP contribution in [0.5, 0.6) is 0 Å². The summed E-state index contributed by atoms with van der Waals surface area (Å²) in [6, 6.07) is 12.8. The minimum atomic E-state index is -0.380. The first-order valence-electron chi connectivity index (χ1n) is 6.08. The summed E-state index contributed by atoms with van der Waals surface area (Å²) in [6.07, 6.45) is 0. The van der Waals surface area contributed by atoms with Gasteiger partial charge in [-0.15, -0.1) is 0 Å². The van der Waals surface area contributed by atoms with Gasteiger partial charge in [-0.2, -0.15) is 0 Å². The number of nitrogens with zero attached hydrogens (tertiary/aromatic N) is 1. The van der Waals surface area contributed by atoms with Gasteiger partial charge >= 0.3 is 0 Å². The van der Waals surface area contributed by atoms with Gasteiger partial charge in [0, 0.05) is 19.2 Å². The third-order valence-corrected chi connectivity index (χ3v) is 3.24. The minimum Gasteiger partial charge on any atom is -0.348 e. The van der Waals surface area contributed by atoms with Crippen molar-refractivity contribution in [3.8, 4) is 0 Å². The summed E-state index contributed by atoms with van der Waals surface area (Å²) in [4.78, 5) is 1.65. The Bertz CT molecular complexity index is 616. The van der Waals surface area contributed by atoms with Crippen LogP contribution in [0.25, 0.3) is 0 Å². The van der Waals surface area contributed by atoms with Gasteiger partial charge in [0.1, 0.15) is 11.6 Å². The highest BCUT2D eigenvalue weighted by molar-refractivity contribution is 7.80. The Labute approximate surface area is 122 Å². The lowest BCUT2D eigenvalue weighted by atomic mass is 10.2. The lowest BCUT2D eigenvalue weighted by molar-refractivity contribution is 0.485. The summed E-state index contributed by atoms with van der Waals surface area (Å²) in [5, 5.41) is 3.14. The number of hydrogen-bond donors (Lipinski definition) is 1. The number of halogens is 2. The van der Waals surface area contributed by atoms with E-state index in [0.29, 0.717) is 22.9 Å². The maximum atomic E-state index is 13.6. The maximum absolute atomic E-state index is 13.6. The molecular formula is C15H14F2N2S. The first-order valence-corrected chi connectivity index (χ1v) is 6.49.